The van der Waals surface area contributed by atoms with E-state index in [0.29, 0.717) is 0 Å². The number of hydrogen-bond donors (Lipinski definition) is 1. The van der Waals surface area contributed by atoms with E-state index in [-0.39, 0.29) is 16.3 Å². The first-order chi connectivity index (χ1) is 11.3. The van der Waals surface area contributed by atoms with E-state index in [1.807, 2.05) is 0 Å². The molecule has 0 spiro atoms. The van der Waals surface area contributed by atoms with Crippen molar-refractivity contribution in [2.75, 3.05) is 19.0 Å². The highest BCUT2D eigenvalue weighted by atomic mass is 32.1. The number of hydrogen-bond acceptors (Lipinski definition) is 5. The number of thiophene rings is 1. The molecule has 0 fully saturated rings. The molecule has 24 heavy (non-hydrogen) atoms. The molecule has 0 saturated carbocycles. The van der Waals surface area contributed by atoms with Crippen molar-refractivity contribution >= 4 is 28.9 Å². The molecule has 1 amide bonds. The number of anilines is 1. The third-order valence-electron chi connectivity index (χ3n) is 2.84. The van der Waals surface area contributed by atoms with E-state index in [2.05, 4.69) is 10.1 Å². The predicted molar refractivity (Wildman–Crippen MR) is 81.2 cm³/mol. The van der Waals surface area contributed by atoms with Gasteiger partial charge in [-0.1, -0.05) is 6.07 Å². The van der Waals surface area contributed by atoms with Gasteiger partial charge in [0.2, 0.25) is 0 Å². The summed E-state index contributed by atoms with van der Waals surface area (Å²) in [5.41, 5.74) is -0.615. The molecule has 1 aromatic carbocycles. The van der Waals surface area contributed by atoms with Crippen LogP contribution < -0.4 is 10.1 Å². The molecule has 1 aromatic heterocycles. The van der Waals surface area contributed by atoms with Gasteiger partial charge in [0.25, 0.3) is 5.91 Å². The highest BCUT2D eigenvalue weighted by Gasteiger charge is 2.30. The van der Waals surface area contributed by atoms with Crippen molar-refractivity contribution in [3.05, 3.63) is 46.2 Å². The van der Waals surface area contributed by atoms with Crippen LogP contribution in [0.3, 0.4) is 0 Å². The summed E-state index contributed by atoms with van der Waals surface area (Å²) in [6.45, 7) is -0.502. The van der Waals surface area contributed by atoms with Gasteiger partial charge >= 0.3 is 12.1 Å². The van der Waals surface area contributed by atoms with E-state index in [4.69, 9.17) is 4.74 Å². The molecule has 0 unspecified atom stereocenters. The Morgan fingerprint density at radius 3 is 2.67 bits per heavy atom. The molecule has 9 heteroatoms. The van der Waals surface area contributed by atoms with Crippen LogP contribution in [-0.2, 0) is 15.7 Å². The predicted octanol–water partition coefficient (Wildman–Crippen LogP) is 3.57. The van der Waals surface area contributed by atoms with Gasteiger partial charge in [-0.05, 0) is 29.6 Å². The molecule has 0 atom stereocenters. The van der Waals surface area contributed by atoms with Gasteiger partial charge in [0.1, 0.15) is 10.6 Å². The summed E-state index contributed by atoms with van der Waals surface area (Å²) in [7, 11) is 1.21. The Bertz CT molecular complexity index is 742. The van der Waals surface area contributed by atoms with Gasteiger partial charge in [-0.15, -0.1) is 11.3 Å². The maximum Gasteiger partial charge on any atom is 0.416 e. The van der Waals surface area contributed by atoms with Crippen molar-refractivity contribution < 1.29 is 32.2 Å². The van der Waals surface area contributed by atoms with Crippen molar-refractivity contribution in [3.8, 4) is 5.75 Å². The first-order valence-electron chi connectivity index (χ1n) is 6.57. The third-order valence-corrected chi connectivity index (χ3v) is 3.74. The van der Waals surface area contributed by atoms with Crippen molar-refractivity contribution in [2.24, 2.45) is 0 Å². The van der Waals surface area contributed by atoms with Crippen LogP contribution in [0.15, 0.2) is 35.7 Å². The summed E-state index contributed by atoms with van der Waals surface area (Å²) in [6.07, 6.45) is -4.49. The fourth-order valence-electron chi connectivity index (χ4n) is 1.76. The number of halogens is 3. The summed E-state index contributed by atoms with van der Waals surface area (Å²) in [5, 5.41) is 4.04. The first kappa shape index (κ1) is 17.8. The number of ether oxygens (including phenoxy) is 2. The van der Waals surface area contributed by atoms with Gasteiger partial charge in [0.15, 0.2) is 6.61 Å². The maximum atomic E-state index is 12.6. The molecule has 0 saturated heterocycles. The second-order valence-corrected chi connectivity index (χ2v) is 5.43. The van der Waals surface area contributed by atoms with Crippen LogP contribution in [0.25, 0.3) is 0 Å². The second kappa shape index (κ2) is 7.35. The SMILES string of the molecule is COC(=O)c1sccc1NC(=O)COc1cccc(C(F)(F)F)c1. The van der Waals surface area contributed by atoms with Crippen LogP contribution in [0.2, 0.25) is 0 Å². The molecule has 1 heterocycles. The fourth-order valence-corrected chi connectivity index (χ4v) is 2.52. The molecule has 2 rings (SSSR count). The molecular weight excluding hydrogens is 347 g/mol. The Labute approximate surface area is 139 Å². The summed E-state index contributed by atoms with van der Waals surface area (Å²) in [5.74, 6) is -1.30. The van der Waals surface area contributed by atoms with Crippen LogP contribution in [0.4, 0.5) is 18.9 Å². The van der Waals surface area contributed by atoms with Crippen LogP contribution in [-0.4, -0.2) is 25.6 Å². The fraction of sp³-hybridized carbons (Fsp3) is 0.200. The van der Waals surface area contributed by atoms with Crippen LogP contribution >= 0.6 is 11.3 Å². The van der Waals surface area contributed by atoms with Crippen LogP contribution in [0.5, 0.6) is 5.75 Å². The lowest BCUT2D eigenvalue weighted by Crippen LogP contribution is -2.21. The van der Waals surface area contributed by atoms with Gasteiger partial charge in [0, 0.05) is 0 Å². The number of carbonyl (C=O) groups excluding carboxylic acids is 2. The van der Waals surface area contributed by atoms with E-state index in [1.54, 1.807) is 5.38 Å². The molecule has 0 aliphatic heterocycles. The third kappa shape index (κ3) is 4.48. The summed E-state index contributed by atoms with van der Waals surface area (Å²) in [4.78, 5) is 23.5. The number of methoxy groups -OCH3 is 1. The molecular formula is C15H12F3NO4S. The van der Waals surface area contributed by atoms with E-state index in [9.17, 15) is 22.8 Å². The minimum Gasteiger partial charge on any atom is -0.484 e. The number of rotatable bonds is 5. The zero-order chi connectivity index (χ0) is 17.7. The standard InChI is InChI=1S/C15H12F3NO4S/c1-22-14(21)13-11(5-6-24-13)19-12(20)8-23-10-4-2-3-9(7-10)15(16,17)18/h2-7H,8H2,1H3,(H,19,20). The zero-order valence-corrected chi connectivity index (χ0v) is 13.2. The maximum absolute atomic E-state index is 12.6. The van der Waals surface area contributed by atoms with E-state index in [0.717, 1.165) is 23.5 Å². The number of esters is 1. The van der Waals surface area contributed by atoms with Crippen molar-refractivity contribution in [3.63, 3.8) is 0 Å². The Morgan fingerprint density at radius 2 is 2.00 bits per heavy atom. The average Bonchev–Trinajstić information content (AvgIpc) is 2.99. The monoisotopic (exact) mass is 359 g/mol. The topological polar surface area (TPSA) is 64.6 Å². The number of alkyl halides is 3. The molecule has 1 N–H and O–H groups in total. The van der Waals surface area contributed by atoms with E-state index < -0.39 is 30.2 Å². The number of nitrogens with one attached hydrogen (secondary N) is 1. The quantitative estimate of drug-likeness (QED) is 0.829. The second-order valence-electron chi connectivity index (χ2n) is 4.52. The molecule has 0 aliphatic carbocycles. The number of carbonyl (C=O) groups is 2. The molecule has 0 aliphatic rings. The largest absolute Gasteiger partial charge is 0.484 e. The van der Waals surface area contributed by atoms with Crippen LogP contribution in [0, 0.1) is 0 Å². The normalized spacial score (nSPS) is 11.0. The minimum absolute atomic E-state index is 0.0847. The highest BCUT2D eigenvalue weighted by Crippen LogP contribution is 2.31. The first-order valence-corrected chi connectivity index (χ1v) is 7.45. The van der Waals surface area contributed by atoms with Gasteiger partial charge in [0.05, 0.1) is 18.4 Å². The van der Waals surface area contributed by atoms with Gasteiger partial charge < -0.3 is 14.8 Å². The molecule has 128 valence electrons. The molecule has 0 radical (unpaired) electrons. The number of benzene rings is 1. The highest BCUT2D eigenvalue weighted by molar-refractivity contribution is 7.12. The summed E-state index contributed by atoms with van der Waals surface area (Å²) >= 11 is 1.09. The summed E-state index contributed by atoms with van der Waals surface area (Å²) < 4.78 is 47.4. The lowest BCUT2D eigenvalue weighted by molar-refractivity contribution is -0.137. The van der Waals surface area contributed by atoms with Crippen molar-refractivity contribution in [1.82, 2.24) is 0 Å². The van der Waals surface area contributed by atoms with Gasteiger partial charge in [-0.25, -0.2) is 4.79 Å². The summed E-state index contributed by atoms with van der Waals surface area (Å²) in [6, 6.07) is 5.72. The zero-order valence-electron chi connectivity index (χ0n) is 12.3. The van der Waals surface area contributed by atoms with Crippen molar-refractivity contribution in [1.29, 1.82) is 0 Å². The average molecular weight is 359 g/mol. The lowest BCUT2D eigenvalue weighted by Gasteiger charge is -2.10. The molecule has 5 nitrogen and oxygen atoms in total. The minimum atomic E-state index is -4.49. The molecule has 0 bridgehead atoms. The Morgan fingerprint density at radius 1 is 1.25 bits per heavy atom. The number of amides is 1. The van der Waals surface area contributed by atoms with E-state index >= 15 is 0 Å². The smallest absolute Gasteiger partial charge is 0.416 e. The van der Waals surface area contributed by atoms with Gasteiger partial charge in [-0.3, -0.25) is 4.79 Å². The van der Waals surface area contributed by atoms with Gasteiger partial charge in [-0.2, -0.15) is 13.2 Å². The lowest BCUT2D eigenvalue weighted by atomic mass is 10.2. The van der Waals surface area contributed by atoms with Crippen molar-refractivity contribution in [2.45, 2.75) is 6.18 Å². The Kier molecular flexibility index (Phi) is 5.45. The van der Waals surface area contributed by atoms with Crippen LogP contribution in [0.1, 0.15) is 15.2 Å². The van der Waals surface area contributed by atoms with E-state index in [1.165, 1.54) is 25.3 Å². The molecule has 2 aromatic rings. The Hall–Kier alpha value is -2.55. The Balaban J connectivity index is 1.97.